The van der Waals surface area contributed by atoms with Gasteiger partial charge in [-0.2, -0.15) is 0 Å². The minimum absolute atomic E-state index is 0.0102. The highest BCUT2D eigenvalue weighted by atomic mass is 16.2. The molecule has 1 fully saturated rings. The summed E-state index contributed by atoms with van der Waals surface area (Å²) in [6.07, 6.45) is 4.88. The van der Waals surface area contributed by atoms with Crippen molar-refractivity contribution >= 4 is 11.9 Å². The predicted molar refractivity (Wildman–Crippen MR) is 78.7 cm³/mol. The highest BCUT2D eigenvalue weighted by Gasteiger charge is 2.21. The molecule has 1 aliphatic heterocycles. The van der Waals surface area contributed by atoms with Crippen LogP contribution in [-0.2, 0) is 0 Å². The van der Waals surface area contributed by atoms with Crippen LogP contribution in [0.4, 0.5) is 5.95 Å². The Balaban J connectivity index is 1.94. The monoisotopic (exact) mass is 275 g/mol. The lowest BCUT2D eigenvalue weighted by atomic mass is 10.2. The topological polar surface area (TPSA) is 61.4 Å². The van der Waals surface area contributed by atoms with Gasteiger partial charge in [0, 0.05) is 45.1 Å². The Morgan fingerprint density at radius 1 is 1.35 bits per heavy atom. The number of amides is 1. The van der Waals surface area contributed by atoms with Gasteiger partial charge in [-0.15, -0.1) is 6.58 Å². The third-order valence-electron chi connectivity index (χ3n) is 3.41. The Labute approximate surface area is 119 Å². The first-order valence-electron chi connectivity index (χ1n) is 6.93. The Hall–Kier alpha value is -1.95. The van der Waals surface area contributed by atoms with Gasteiger partial charge in [0.1, 0.15) is 0 Å². The SMILES string of the molecule is C=CCNc1ncc(C(=O)N2CCN(CC)CC2)cn1. The molecule has 0 spiro atoms. The van der Waals surface area contributed by atoms with Gasteiger partial charge in [0.15, 0.2) is 0 Å². The molecular weight excluding hydrogens is 254 g/mol. The first kappa shape index (κ1) is 14.5. The summed E-state index contributed by atoms with van der Waals surface area (Å²) in [4.78, 5) is 24.8. The largest absolute Gasteiger partial charge is 0.351 e. The lowest BCUT2D eigenvalue weighted by Gasteiger charge is -2.33. The van der Waals surface area contributed by atoms with Crippen LogP contribution in [0.2, 0.25) is 0 Å². The second-order valence-electron chi connectivity index (χ2n) is 4.69. The average Bonchev–Trinajstić information content (AvgIpc) is 2.53. The second kappa shape index (κ2) is 7.00. The van der Waals surface area contributed by atoms with E-state index in [2.05, 4.69) is 33.7 Å². The van der Waals surface area contributed by atoms with Gasteiger partial charge in [0.25, 0.3) is 5.91 Å². The van der Waals surface area contributed by atoms with Crippen molar-refractivity contribution in [3.8, 4) is 0 Å². The molecule has 2 heterocycles. The van der Waals surface area contributed by atoms with E-state index in [4.69, 9.17) is 0 Å². The molecule has 1 aliphatic rings. The summed E-state index contributed by atoms with van der Waals surface area (Å²) in [7, 11) is 0. The van der Waals surface area contributed by atoms with E-state index in [0.717, 1.165) is 32.7 Å². The van der Waals surface area contributed by atoms with E-state index < -0.39 is 0 Å². The fraction of sp³-hybridized carbons (Fsp3) is 0.500. The van der Waals surface area contributed by atoms with Crippen molar-refractivity contribution in [2.75, 3.05) is 44.6 Å². The van der Waals surface area contributed by atoms with Crippen LogP contribution in [-0.4, -0.2) is 64.9 Å². The third kappa shape index (κ3) is 3.54. The predicted octanol–water partition coefficient (Wildman–Crippen LogP) is 0.852. The quantitative estimate of drug-likeness (QED) is 0.807. The van der Waals surface area contributed by atoms with Crippen LogP contribution in [0.5, 0.6) is 0 Å². The summed E-state index contributed by atoms with van der Waals surface area (Å²) in [6, 6.07) is 0. The van der Waals surface area contributed by atoms with Gasteiger partial charge in [0.05, 0.1) is 5.56 Å². The molecular formula is C14H21N5O. The van der Waals surface area contributed by atoms with E-state index >= 15 is 0 Å². The molecule has 0 atom stereocenters. The fourth-order valence-corrected chi connectivity index (χ4v) is 2.14. The Morgan fingerprint density at radius 2 is 2.00 bits per heavy atom. The molecule has 20 heavy (non-hydrogen) atoms. The summed E-state index contributed by atoms with van der Waals surface area (Å²) in [6.45, 7) is 10.8. The molecule has 6 nitrogen and oxygen atoms in total. The van der Waals surface area contributed by atoms with E-state index in [9.17, 15) is 4.79 Å². The molecule has 0 aliphatic carbocycles. The van der Waals surface area contributed by atoms with Crippen molar-refractivity contribution in [2.45, 2.75) is 6.92 Å². The van der Waals surface area contributed by atoms with Crippen LogP contribution in [0.15, 0.2) is 25.0 Å². The normalized spacial score (nSPS) is 15.9. The Kier molecular flexibility index (Phi) is 5.06. The number of carbonyl (C=O) groups excluding carboxylic acids is 1. The van der Waals surface area contributed by atoms with Crippen LogP contribution in [0.3, 0.4) is 0 Å². The van der Waals surface area contributed by atoms with E-state index in [0.29, 0.717) is 18.1 Å². The van der Waals surface area contributed by atoms with Gasteiger partial charge in [-0.1, -0.05) is 13.0 Å². The van der Waals surface area contributed by atoms with Crippen molar-refractivity contribution < 1.29 is 4.79 Å². The number of anilines is 1. The molecule has 1 N–H and O–H groups in total. The maximum absolute atomic E-state index is 12.3. The molecule has 1 saturated heterocycles. The van der Waals surface area contributed by atoms with Gasteiger partial charge in [-0.25, -0.2) is 9.97 Å². The van der Waals surface area contributed by atoms with Crippen molar-refractivity contribution in [3.63, 3.8) is 0 Å². The Morgan fingerprint density at radius 3 is 2.55 bits per heavy atom. The van der Waals surface area contributed by atoms with Crippen molar-refractivity contribution in [1.29, 1.82) is 0 Å². The van der Waals surface area contributed by atoms with Crippen LogP contribution < -0.4 is 5.32 Å². The summed E-state index contributed by atoms with van der Waals surface area (Å²) in [5.74, 6) is 0.522. The van der Waals surface area contributed by atoms with Gasteiger partial charge in [-0.3, -0.25) is 4.79 Å². The van der Waals surface area contributed by atoms with E-state index in [-0.39, 0.29) is 5.91 Å². The summed E-state index contributed by atoms with van der Waals surface area (Å²) >= 11 is 0. The number of piperazine rings is 1. The molecule has 2 rings (SSSR count). The maximum Gasteiger partial charge on any atom is 0.257 e. The van der Waals surface area contributed by atoms with Gasteiger partial charge >= 0.3 is 0 Å². The van der Waals surface area contributed by atoms with Crippen molar-refractivity contribution in [2.24, 2.45) is 0 Å². The van der Waals surface area contributed by atoms with Crippen LogP contribution in [0, 0.1) is 0 Å². The number of nitrogens with zero attached hydrogens (tertiary/aromatic N) is 4. The average molecular weight is 275 g/mol. The van der Waals surface area contributed by atoms with Crippen LogP contribution in [0.1, 0.15) is 17.3 Å². The highest BCUT2D eigenvalue weighted by molar-refractivity contribution is 5.93. The van der Waals surface area contributed by atoms with Crippen molar-refractivity contribution in [3.05, 3.63) is 30.6 Å². The second-order valence-corrected chi connectivity index (χ2v) is 4.69. The first-order valence-corrected chi connectivity index (χ1v) is 6.93. The molecule has 1 amide bonds. The number of aromatic nitrogens is 2. The smallest absolute Gasteiger partial charge is 0.257 e. The molecule has 1 aromatic heterocycles. The third-order valence-corrected chi connectivity index (χ3v) is 3.41. The van der Waals surface area contributed by atoms with E-state index in [1.54, 1.807) is 18.5 Å². The lowest BCUT2D eigenvalue weighted by molar-refractivity contribution is 0.0642. The van der Waals surface area contributed by atoms with Gasteiger partial charge in [0.2, 0.25) is 5.95 Å². The standard InChI is InChI=1S/C14H21N5O/c1-3-5-15-14-16-10-12(11-17-14)13(20)19-8-6-18(4-2)7-9-19/h3,10-11H,1,4-9H2,2H3,(H,15,16,17). The lowest BCUT2D eigenvalue weighted by Crippen LogP contribution is -2.48. The first-order chi connectivity index (χ1) is 9.74. The minimum atomic E-state index is 0.0102. The van der Waals surface area contributed by atoms with Crippen LogP contribution >= 0.6 is 0 Å². The number of nitrogens with one attached hydrogen (secondary N) is 1. The molecule has 108 valence electrons. The molecule has 0 saturated carbocycles. The summed E-state index contributed by atoms with van der Waals surface area (Å²) in [5, 5.41) is 2.98. The molecule has 0 unspecified atom stereocenters. The van der Waals surface area contributed by atoms with Gasteiger partial charge in [-0.05, 0) is 6.54 Å². The summed E-state index contributed by atoms with van der Waals surface area (Å²) < 4.78 is 0. The zero-order valence-corrected chi connectivity index (χ0v) is 11.9. The number of carbonyl (C=O) groups is 1. The van der Waals surface area contributed by atoms with E-state index in [1.165, 1.54) is 0 Å². The van der Waals surface area contributed by atoms with Crippen LogP contribution in [0.25, 0.3) is 0 Å². The number of hydrogen-bond acceptors (Lipinski definition) is 5. The summed E-state index contributed by atoms with van der Waals surface area (Å²) in [5.41, 5.74) is 0.541. The molecule has 1 aromatic rings. The Bertz CT molecular complexity index is 451. The zero-order valence-electron chi connectivity index (χ0n) is 11.9. The zero-order chi connectivity index (χ0) is 14.4. The van der Waals surface area contributed by atoms with Crippen molar-refractivity contribution in [1.82, 2.24) is 19.8 Å². The fourth-order valence-electron chi connectivity index (χ4n) is 2.14. The molecule has 0 radical (unpaired) electrons. The number of hydrogen-bond donors (Lipinski definition) is 1. The molecule has 6 heteroatoms. The molecule has 0 aromatic carbocycles. The maximum atomic E-state index is 12.3. The number of likely N-dealkylation sites (N-methyl/N-ethyl adjacent to an activating group) is 1. The number of rotatable bonds is 5. The molecule has 0 bridgehead atoms. The minimum Gasteiger partial charge on any atom is -0.351 e. The van der Waals surface area contributed by atoms with Gasteiger partial charge < -0.3 is 15.1 Å². The highest BCUT2D eigenvalue weighted by Crippen LogP contribution is 2.08. The van der Waals surface area contributed by atoms with E-state index in [1.807, 2.05) is 4.90 Å².